The number of carbonyl (C=O) groups excluding carboxylic acids is 2. The van der Waals surface area contributed by atoms with Crippen LogP contribution in [0.2, 0.25) is 0 Å². The van der Waals surface area contributed by atoms with Gasteiger partial charge in [0.2, 0.25) is 11.8 Å². The molecule has 0 spiro atoms. The Balaban J connectivity index is 1.47. The molecular weight excluding hydrogens is 326 g/mol. The second-order valence-corrected chi connectivity index (χ2v) is 6.82. The molecule has 0 saturated heterocycles. The number of hydrogen-bond acceptors (Lipinski definition) is 3. The van der Waals surface area contributed by atoms with Crippen LogP contribution in [-0.2, 0) is 16.1 Å². The van der Waals surface area contributed by atoms with Crippen molar-refractivity contribution in [1.29, 1.82) is 0 Å². The van der Waals surface area contributed by atoms with Gasteiger partial charge in [-0.1, -0.05) is 24.3 Å². The van der Waals surface area contributed by atoms with E-state index in [9.17, 15) is 9.59 Å². The van der Waals surface area contributed by atoms with Gasteiger partial charge in [-0.15, -0.1) is 0 Å². The normalized spacial score (nSPS) is 19.6. The number of rotatable bonds is 5. The summed E-state index contributed by atoms with van der Waals surface area (Å²) in [5, 5.41) is 2.96. The average Bonchev–Trinajstić information content (AvgIpc) is 2.72. The van der Waals surface area contributed by atoms with Gasteiger partial charge >= 0.3 is 0 Å². The molecule has 0 aliphatic heterocycles. The van der Waals surface area contributed by atoms with E-state index in [1.807, 2.05) is 55.6 Å². The molecule has 1 N–H and O–H groups in total. The van der Waals surface area contributed by atoms with Crippen molar-refractivity contribution in [2.45, 2.75) is 32.2 Å². The van der Waals surface area contributed by atoms with Crippen molar-refractivity contribution < 1.29 is 9.59 Å². The summed E-state index contributed by atoms with van der Waals surface area (Å²) in [6, 6.07) is 15.4. The third-order valence-corrected chi connectivity index (χ3v) is 5.09. The van der Waals surface area contributed by atoms with Crippen LogP contribution in [0.1, 0.15) is 31.4 Å². The molecule has 2 aromatic rings. The summed E-state index contributed by atoms with van der Waals surface area (Å²) >= 11 is 0. The molecule has 0 unspecified atom stereocenters. The molecule has 1 saturated carbocycles. The zero-order valence-corrected chi connectivity index (χ0v) is 15.1. The topological polar surface area (TPSA) is 62.3 Å². The molecule has 1 aromatic carbocycles. The van der Waals surface area contributed by atoms with Crippen LogP contribution in [-0.4, -0.2) is 23.8 Å². The first-order valence-electron chi connectivity index (χ1n) is 9.15. The van der Waals surface area contributed by atoms with Gasteiger partial charge in [-0.2, -0.15) is 0 Å². The smallest absolute Gasteiger partial charge is 0.229 e. The number of para-hydroxylation sites is 1. The molecule has 1 aliphatic rings. The van der Waals surface area contributed by atoms with Crippen LogP contribution in [0.25, 0.3) is 0 Å². The number of amides is 2. The number of nitrogens with zero attached hydrogens (tertiary/aromatic N) is 2. The Hall–Kier alpha value is -2.69. The summed E-state index contributed by atoms with van der Waals surface area (Å²) in [6.45, 7) is 0.454. The number of hydrogen-bond donors (Lipinski definition) is 1. The lowest BCUT2D eigenvalue weighted by Crippen LogP contribution is -2.38. The third-order valence-electron chi connectivity index (χ3n) is 5.09. The fraction of sp³-hybridized carbons (Fsp3) is 0.381. The van der Waals surface area contributed by atoms with Crippen LogP contribution >= 0.6 is 0 Å². The molecule has 0 radical (unpaired) electrons. The van der Waals surface area contributed by atoms with Crippen LogP contribution in [0.3, 0.4) is 0 Å². The molecule has 5 heteroatoms. The number of nitrogens with one attached hydrogen (secondary N) is 1. The van der Waals surface area contributed by atoms with E-state index < -0.39 is 0 Å². The maximum atomic E-state index is 12.7. The minimum absolute atomic E-state index is 0.0000427. The molecule has 0 bridgehead atoms. The SMILES string of the molecule is CN(C(=O)C1CCC(C(=O)NCc2ccccn2)CC1)c1ccccc1. The minimum Gasteiger partial charge on any atom is -0.350 e. The Bertz CT molecular complexity index is 725. The quantitative estimate of drug-likeness (QED) is 0.900. The molecule has 2 amide bonds. The minimum atomic E-state index is -0.00945. The highest BCUT2D eigenvalue weighted by Gasteiger charge is 2.31. The maximum Gasteiger partial charge on any atom is 0.229 e. The second kappa shape index (κ2) is 8.61. The van der Waals surface area contributed by atoms with Crippen molar-refractivity contribution in [2.75, 3.05) is 11.9 Å². The largest absolute Gasteiger partial charge is 0.350 e. The zero-order chi connectivity index (χ0) is 18.4. The Morgan fingerprint density at radius 1 is 1.00 bits per heavy atom. The molecule has 136 valence electrons. The van der Waals surface area contributed by atoms with Crippen molar-refractivity contribution >= 4 is 17.5 Å². The summed E-state index contributed by atoms with van der Waals surface area (Å²) in [4.78, 5) is 31.0. The van der Waals surface area contributed by atoms with Gasteiger partial charge < -0.3 is 10.2 Å². The van der Waals surface area contributed by atoms with Crippen LogP contribution in [0.5, 0.6) is 0 Å². The molecule has 5 nitrogen and oxygen atoms in total. The second-order valence-electron chi connectivity index (χ2n) is 6.82. The van der Waals surface area contributed by atoms with Gasteiger partial charge in [0.15, 0.2) is 0 Å². The van der Waals surface area contributed by atoms with Crippen molar-refractivity contribution in [3.05, 3.63) is 60.4 Å². The van der Waals surface area contributed by atoms with E-state index in [-0.39, 0.29) is 23.7 Å². The van der Waals surface area contributed by atoms with Gasteiger partial charge in [0, 0.05) is 30.8 Å². The third kappa shape index (κ3) is 4.48. The molecule has 1 aliphatic carbocycles. The summed E-state index contributed by atoms with van der Waals surface area (Å²) in [5.74, 6) is 0.200. The highest BCUT2D eigenvalue weighted by molar-refractivity contribution is 5.94. The zero-order valence-electron chi connectivity index (χ0n) is 15.1. The summed E-state index contributed by atoms with van der Waals surface area (Å²) in [7, 11) is 1.82. The molecule has 1 fully saturated rings. The number of pyridine rings is 1. The molecule has 26 heavy (non-hydrogen) atoms. The van der Waals surface area contributed by atoms with E-state index in [1.54, 1.807) is 11.1 Å². The fourth-order valence-electron chi connectivity index (χ4n) is 3.48. The molecule has 1 aromatic heterocycles. The van der Waals surface area contributed by atoms with Crippen molar-refractivity contribution in [1.82, 2.24) is 10.3 Å². The molecule has 0 atom stereocenters. The standard InChI is InChI=1S/C21H25N3O2/c1-24(19-8-3-2-4-9-19)21(26)17-12-10-16(11-13-17)20(25)23-15-18-7-5-6-14-22-18/h2-9,14,16-17H,10-13,15H2,1H3,(H,23,25). The van der Waals surface area contributed by atoms with Crippen molar-refractivity contribution in [3.63, 3.8) is 0 Å². The Kier molecular flexibility index (Phi) is 6.00. The lowest BCUT2D eigenvalue weighted by Gasteiger charge is -2.30. The van der Waals surface area contributed by atoms with Crippen LogP contribution in [0, 0.1) is 11.8 Å². The fourth-order valence-corrected chi connectivity index (χ4v) is 3.48. The summed E-state index contributed by atoms with van der Waals surface area (Å²) in [5.41, 5.74) is 1.77. The summed E-state index contributed by atoms with van der Waals surface area (Å²) < 4.78 is 0. The average molecular weight is 351 g/mol. The predicted molar refractivity (Wildman–Crippen MR) is 101 cm³/mol. The predicted octanol–water partition coefficient (Wildman–Crippen LogP) is 3.17. The van der Waals surface area contributed by atoms with E-state index >= 15 is 0 Å². The van der Waals surface area contributed by atoms with E-state index in [4.69, 9.17) is 0 Å². The van der Waals surface area contributed by atoms with Gasteiger partial charge in [-0.25, -0.2) is 0 Å². The Labute approximate surface area is 154 Å². The van der Waals surface area contributed by atoms with E-state index in [1.165, 1.54) is 0 Å². The number of anilines is 1. The first-order valence-corrected chi connectivity index (χ1v) is 9.15. The number of aromatic nitrogens is 1. The maximum absolute atomic E-state index is 12.7. The first-order chi connectivity index (χ1) is 12.6. The van der Waals surface area contributed by atoms with Crippen LogP contribution < -0.4 is 10.2 Å². The number of carbonyl (C=O) groups is 2. The first kappa shape index (κ1) is 18.1. The highest BCUT2D eigenvalue weighted by Crippen LogP contribution is 2.31. The van der Waals surface area contributed by atoms with Crippen molar-refractivity contribution in [3.8, 4) is 0 Å². The van der Waals surface area contributed by atoms with Gasteiger partial charge in [0.1, 0.15) is 0 Å². The lowest BCUT2D eigenvalue weighted by molar-refractivity contribution is -0.129. The number of benzene rings is 1. The molecular formula is C21H25N3O2. The van der Waals surface area contributed by atoms with Gasteiger partial charge in [0.25, 0.3) is 0 Å². The van der Waals surface area contributed by atoms with E-state index in [0.717, 1.165) is 37.1 Å². The van der Waals surface area contributed by atoms with Gasteiger partial charge in [-0.3, -0.25) is 14.6 Å². The van der Waals surface area contributed by atoms with Gasteiger partial charge in [0.05, 0.1) is 12.2 Å². The summed E-state index contributed by atoms with van der Waals surface area (Å²) in [6.07, 6.45) is 4.76. The monoisotopic (exact) mass is 351 g/mol. The van der Waals surface area contributed by atoms with Crippen LogP contribution in [0.4, 0.5) is 5.69 Å². The Morgan fingerprint density at radius 3 is 2.31 bits per heavy atom. The van der Waals surface area contributed by atoms with Crippen LogP contribution in [0.15, 0.2) is 54.7 Å². The van der Waals surface area contributed by atoms with E-state index in [0.29, 0.717) is 6.54 Å². The molecule has 3 rings (SSSR count). The van der Waals surface area contributed by atoms with Crippen molar-refractivity contribution in [2.24, 2.45) is 11.8 Å². The Morgan fingerprint density at radius 2 is 1.65 bits per heavy atom. The molecule has 1 heterocycles. The van der Waals surface area contributed by atoms with E-state index in [2.05, 4.69) is 10.3 Å². The van der Waals surface area contributed by atoms with Gasteiger partial charge in [-0.05, 0) is 49.9 Å². The highest BCUT2D eigenvalue weighted by atomic mass is 16.2. The lowest BCUT2D eigenvalue weighted by atomic mass is 9.81.